The second-order valence-electron chi connectivity index (χ2n) is 4.89. The molecule has 6 heteroatoms. The highest BCUT2D eigenvalue weighted by Crippen LogP contribution is 2.22. The minimum Gasteiger partial charge on any atom is -0.481 e. The van der Waals surface area contributed by atoms with Crippen molar-refractivity contribution >= 4 is 11.9 Å². The summed E-state index contributed by atoms with van der Waals surface area (Å²) in [4.78, 5) is 24.5. The number of hydrogen-bond donors (Lipinski definition) is 1. The van der Waals surface area contributed by atoms with E-state index in [-0.39, 0.29) is 24.5 Å². The molecule has 2 rings (SSSR count). The Morgan fingerprint density at radius 1 is 1.39 bits per heavy atom. The van der Waals surface area contributed by atoms with Gasteiger partial charge in [-0.05, 0) is 19.8 Å². The Hall–Kier alpha value is -1.14. The molecule has 6 nitrogen and oxygen atoms in total. The number of carbonyl (C=O) groups is 2. The molecule has 2 aliphatic rings. The molecule has 0 saturated carbocycles. The maximum atomic E-state index is 12.2. The van der Waals surface area contributed by atoms with Crippen LogP contribution >= 0.6 is 0 Å². The van der Waals surface area contributed by atoms with Crippen LogP contribution in [0.5, 0.6) is 0 Å². The van der Waals surface area contributed by atoms with Crippen molar-refractivity contribution < 1.29 is 24.2 Å². The second kappa shape index (κ2) is 5.67. The predicted molar refractivity (Wildman–Crippen MR) is 62.1 cm³/mol. The summed E-state index contributed by atoms with van der Waals surface area (Å²) in [5, 5.41) is 8.73. The van der Waals surface area contributed by atoms with Gasteiger partial charge in [0.2, 0.25) is 0 Å². The van der Waals surface area contributed by atoms with Crippen molar-refractivity contribution in [2.24, 2.45) is 0 Å². The van der Waals surface area contributed by atoms with E-state index in [1.54, 1.807) is 4.90 Å². The summed E-state index contributed by atoms with van der Waals surface area (Å²) in [7, 11) is 0. The van der Waals surface area contributed by atoms with Gasteiger partial charge in [0.15, 0.2) is 0 Å². The standard InChI is InChI=1S/C12H19NO5/c1-8-2-3-10(18-8)12(16)13-4-5-17-9(7-13)6-11(14)15/h8-10H,2-7H2,1H3,(H,14,15)/t8-,9+,10+/m1/s1. The molecule has 2 aliphatic heterocycles. The van der Waals surface area contributed by atoms with Crippen molar-refractivity contribution in [2.75, 3.05) is 19.7 Å². The van der Waals surface area contributed by atoms with E-state index < -0.39 is 12.1 Å². The third-order valence-electron chi connectivity index (χ3n) is 3.36. The summed E-state index contributed by atoms with van der Waals surface area (Å²) in [6.07, 6.45) is 0.962. The van der Waals surface area contributed by atoms with Gasteiger partial charge in [0, 0.05) is 13.1 Å². The number of nitrogens with zero attached hydrogens (tertiary/aromatic N) is 1. The van der Waals surface area contributed by atoms with E-state index in [2.05, 4.69) is 0 Å². The predicted octanol–water partition coefficient (Wildman–Crippen LogP) is 0.256. The van der Waals surface area contributed by atoms with Crippen LogP contribution in [0, 0.1) is 0 Å². The molecule has 18 heavy (non-hydrogen) atoms. The zero-order valence-corrected chi connectivity index (χ0v) is 10.5. The van der Waals surface area contributed by atoms with Crippen LogP contribution in [0.15, 0.2) is 0 Å². The molecule has 0 aromatic rings. The molecule has 0 bridgehead atoms. The average molecular weight is 257 g/mol. The fraction of sp³-hybridized carbons (Fsp3) is 0.833. The number of carboxylic acids is 1. The summed E-state index contributed by atoms with van der Waals surface area (Å²) >= 11 is 0. The van der Waals surface area contributed by atoms with Gasteiger partial charge in [-0.3, -0.25) is 9.59 Å². The number of carboxylic acid groups (broad SMARTS) is 1. The van der Waals surface area contributed by atoms with Gasteiger partial charge in [-0.1, -0.05) is 0 Å². The first-order chi connectivity index (χ1) is 8.56. The topological polar surface area (TPSA) is 76.1 Å². The van der Waals surface area contributed by atoms with Crippen molar-refractivity contribution in [1.29, 1.82) is 0 Å². The van der Waals surface area contributed by atoms with Crippen LogP contribution in [0.2, 0.25) is 0 Å². The lowest BCUT2D eigenvalue weighted by Gasteiger charge is -2.33. The fourth-order valence-electron chi connectivity index (χ4n) is 2.43. The molecule has 2 saturated heterocycles. The third kappa shape index (κ3) is 3.20. The van der Waals surface area contributed by atoms with Crippen molar-refractivity contribution in [3.8, 4) is 0 Å². The van der Waals surface area contributed by atoms with E-state index in [0.29, 0.717) is 19.7 Å². The zero-order valence-electron chi connectivity index (χ0n) is 10.5. The van der Waals surface area contributed by atoms with E-state index in [1.807, 2.05) is 6.92 Å². The Morgan fingerprint density at radius 2 is 2.17 bits per heavy atom. The molecule has 3 atom stereocenters. The van der Waals surface area contributed by atoms with Gasteiger partial charge in [-0.15, -0.1) is 0 Å². The molecule has 1 amide bonds. The van der Waals surface area contributed by atoms with Gasteiger partial charge >= 0.3 is 5.97 Å². The minimum absolute atomic E-state index is 0.0296. The van der Waals surface area contributed by atoms with Crippen LogP contribution in [0.1, 0.15) is 26.2 Å². The molecule has 0 aromatic heterocycles. The Labute approximate surface area is 106 Å². The van der Waals surface area contributed by atoms with Gasteiger partial charge < -0.3 is 19.5 Å². The fourth-order valence-corrected chi connectivity index (χ4v) is 2.43. The van der Waals surface area contributed by atoms with E-state index in [0.717, 1.165) is 12.8 Å². The Morgan fingerprint density at radius 3 is 2.78 bits per heavy atom. The number of aliphatic carboxylic acids is 1. The van der Waals surface area contributed by atoms with Gasteiger partial charge in [0.05, 0.1) is 25.2 Å². The monoisotopic (exact) mass is 257 g/mol. The van der Waals surface area contributed by atoms with Crippen molar-refractivity contribution in [3.63, 3.8) is 0 Å². The summed E-state index contributed by atoms with van der Waals surface area (Å²) < 4.78 is 10.9. The quantitative estimate of drug-likeness (QED) is 0.784. The number of carbonyl (C=O) groups excluding carboxylic acids is 1. The van der Waals surface area contributed by atoms with Crippen LogP contribution in [0.25, 0.3) is 0 Å². The van der Waals surface area contributed by atoms with E-state index in [1.165, 1.54) is 0 Å². The summed E-state index contributed by atoms with van der Waals surface area (Å²) in [5.74, 6) is -0.932. The van der Waals surface area contributed by atoms with Crippen LogP contribution in [-0.4, -0.2) is 59.9 Å². The first-order valence-corrected chi connectivity index (χ1v) is 6.34. The molecule has 2 fully saturated rings. The Balaban J connectivity index is 1.88. The van der Waals surface area contributed by atoms with E-state index >= 15 is 0 Å². The molecule has 0 unspecified atom stereocenters. The van der Waals surface area contributed by atoms with Crippen molar-refractivity contribution in [3.05, 3.63) is 0 Å². The van der Waals surface area contributed by atoms with Gasteiger partial charge in [-0.25, -0.2) is 0 Å². The lowest BCUT2D eigenvalue weighted by atomic mass is 10.1. The summed E-state index contributed by atoms with van der Waals surface area (Å²) in [6.45, 7) is 3.22. The molecule has 0 radical (unpaired) electrons. The molecule has 1 N–H and O–H groups in total. The van der Waals surface area contributed by atoms with Crippen molar-refractivity contribution in [1.82, 2.24) is 4.90 Å². The number of morpholine rings is 1. The van der Waals surface area contributed by atoms with Gasteiger partial charge in [-0.2, -0.15) is 0 Å². The average Bonchev–Trinajstić information content (AvgIpc) is 2.74. The van der Waals surface area contributed by atoms with Crippen LogP contribution in [-0.2, 0) is 19.1 Å². The first kappa shape index (κ1) is 13.3. The highest BCUT2D eigenvalue weighted by Gasteiger charge is 2.34. The maximum absolute atomic E-state index is 12.2. The molecule has 0 spiro atoms. The smallest absolute Gasteiger partial charge is 0.306 e. The summed E-state index contributed by atoms with van der Waals surface area (Å²) in [6, 6.07) is 0. The first-order valence-electron chi connectivity index (χ1n) is 6.34. The van der Waals surface area contributed by atoms with Crippen molar-refractivity contribution in [2.45, 2.75) is 44.5 Å². The molecule has 0 aromatic carbocycles. The highest BCUT2D eigenvalue weighted by molar-refractivity contribution is 5.81. The number of amides is 1. The van der Waals surface area contributed by atoms with E-state index in [4.69, 9.17) is 14.6 Å². The Kier molecular flexibility index (Phi) is 4.19. The molecular formula is C12H19NO5. The van der Waals surface area contributed by atoms with Crippen LogP contribution in [0.3, 0.4) is 0 Å². The third-order valence-corrected chi connectivity index (χ3v) is 3.36. The lowest BCUT2D eigenvalue weighted by molar-refractivity contribution is -0.154. The number of rotatable bonds is 3. The molecular weight excluding hydrogens is 238 g/mol. The Bertz CT molecular complexity index is 332. The molecule has 0 aliphatic carbocycles. The SMILES string of the molecule is C[C@@H]1CC[C@@H](C(=O)N2CCO[C@@H](CC(=O)O)C2)O1. The normalized spacial score (nSPS) is 32.5. The van der Waals surface area contributed by atoms with Gasteiger partial charge in [0.1, 0.15) is 6.10 Å². The number of hydrogen-bond acceptors (Lipinski definition) is 4. The summed E-state index contributed by atoms with van der Waals surface area (Å²) in [5.41, 5.74) is 0. The van der Waals surface area contributed by atoms with E-state index in [9.17, 15) is 9.59 Å². The lowest BCUT2D eigenvalue weighted by Crippen LogP contribution is -2.49. The highest BCUT2D eigenvalue weighted by atomic mass is 16.5. The minimum atomic E-state index is -0.903. The largest absolute Gasteiger partial charge is 0.481 e. The van der Waals surface area contributed by atoms with Crippen LogP contribution in [0.4, 0.5) is 0 Å². The molecule has 102 valence electrons. The maximum Gasteiger partial charge on any atom is 0.306 e. The second-order valence-corrected chi connectivity index (χ2v) is 4.89. The zero-order chi connectivity index (χ0) is 13.1. The van der Waals surface area contributed by atoms with Gasteiger partial charge in [0.25, 0.3) is 5.91 Å². The van der Waals surface area contributed by atoms with Crippen LogP contribution < -0.4 is 0 Å². The molecule has 2 heterocycles. The number of ether oxygens (including phenoxy) is 2.